The monoisotopic (exact) mass is 357 g/mol. The van der Waals surface area contributed by atoms with E-state index < -0.39 is 0 Å². The molecule has 1 aromatic heterocycles. The zero-order valence-corrected chi connectivity index (χ0v) is 16.5. The van der Waals surface area contributed by atoms with Crippen molar-refractivity contribution in [3.05, 3.63) is 46.3 Å². The van der Waals surface area contributed by atoms with Crippen LogP contribution in [-0.2, 0) is 17.7 Å². The van der Waals surface area contributed by atoms with E-state index in [0.29, 0.717) is 0 Å². The summed E-state index contributed by atoms with van der Waals surface area (Å²) in [5.74, 6) is 0.937. The summed E-state index contributed by atoms with van der Waals surface area (Å²) >= 11 is 0. The predicted octanol–water partition coefficient (Wildman–Crippen LogP) is 3.13. The van der Waals surface area contributed by atoms with Crippen LogP contribution < -0.4 is 4.74 Å². The second-order valence-electron chi connectivity index (χ2n) is 7.16. The van der Waals surface area contributed by atoms with E-state index in [9.17, 15) is 0 Å². The van der Waals surface area contributed by atoms with Gasteiger partial charge in [-0.3, -0.25) is 9.58 Å². The molecule has 0 atom stereocenters. The van der Waals surface area contributed by atoms with Gasteiger partial charge < -0.3 is 9.47 Å². The van der Waals surface area contributed by atoms with Crippen LogP contribution in [0.2, 0.25) is 0 Å². The fraction of sp³-hybridized carbons (Fsp3) is 0.571. The van der Waals surface area contributed by atoms with Gasteiger partial charge >= 0.3 is 0 Å². The molecule has 0 radical (unpaired) electrons. The minimum absolute atomic E-state index is 0.751. The number of rotatable bonds is 7. The van der Waals surface area contributed by atoms with Crippen molar-refractivity contribution in [1.29, 1.82) is 0 Å². The molecule has 0 aliphatic carbocycles. The molecule has 2 aromatic rings. The molecule has 3 rings (SSSR count). The van der Waals surface area contributed by atoms with Gasteiger partial charge in [0.15, 0.2) is 0 Å². The molecule has 2 heterocycles. The first kappa shape index (κ1) is 18.9. The van der Waals surface area contributed by atoms with Gasteiger partial charge in [-0.15, -0.1) is 0 Å². The van der Waals surface area contributed by atoms with Crippen LogP contribution in [0.3, 0.4) is 0 Å². The van der Waals surface area contributed by atoms with E-state index >= 15 is 0 Å². The highest BCUT2D eigenvalue weighted by Crippen LogP contribution is 2.23. The molecule has 1 aliphatic heterocycles. The lowest BCUT2D eigenvalue weighted by molar-refractivity contribution is 0.0374. The highest BCUT2D eigenvalue weighted by Gasteiger charge is 2.12. The molecule has 0 saturated carbocycles. The van der Waals surface area contributed by atoms with Gasteiger partial charge in [0.25, 0.3) is 0 Å². The molecule has 26 heavy (non-hydrogen) atoms. The Morgan fingerprint density at radius 2 is 1.92 bits per heavy atom. The van der Waals surface area contributed by atoms with Crippen LogP contribution >= 0.6 is 0 Å². The first-order valence-corrected chi connectivity index (χ1v) is 9.55. The minimum atomic E-state index is 0.751. The van der Waals surface area contributed by atoms with Gasteiger partial charge in [-0.1, -0.05) is 12.1 Å². The summed E-state index contributed by atoms with van der Waals surface area (Å²) in [5.41, 5.74) is 6.16. The number of benzene rings is 1. The third-order valence-corrected chi connectivity index (χ3v) is 5.45. The average molecular weight is 357 g/mol. The standard InChI is InChI=1S/C21H31N3O2/c1-16-17(2)22-24(18(16)3)15-20-14-19(7-8-21(20)25-4)6-5-9-23-10-12-26-13-11-23/h7-8,14H,5-6,9-13,15H2,1-4H3. The largest absolute Gasteiger partial charge is 0.496 e. The minimum Gasteiger partial charge on any atom is -0.496 e. The fourth-order valence-electron chi connectivity index (χ4n) is 3.54. The quantitative estimate of drug-likeness (QED) is 0.763. The van der Waals surface area contributed by atoms with Crippen molar-refractivity contribution in [1.82, 2.24) is 14.7 Å². The Hall–Kier alpha value is -1.85. The lowest BCUT2D eigenvalue weighted by Crippen LogP contribution is -2.36. The van der Waals surface area contributed by atoms with Crippen molar-refractivity contribution in [2.24, 2.45) is 0 Å². The van der Waals surface area contributed by atoms with E-state index in [2.05, 4.69) is 53.7 Å². The van der Waals surface area contributed by atoms with Crippen molar-refractivity contribution in [2.45, 2.75) is 40.2 Å². The highest BCUT2D eigenvalue weighted by molar-refractivity contribution is 5.38. The third-order valence-electron chi connectivity index (χ3n) is 5.45. The van der Waals surface area contributed by atoms with Crippen molar-refractivity contribution >= 4 is 0 Å². The Morgan fingerprint density at radius 1 is 1.15 bits per heavy atom. The summed E-state index contributed by atoms with van der Waals surface area (Å²) in [7, 11) is 1.74. The van der Waals surface area contributed by atoms with Gasteiger partial charge in [-0.25, -0.2) is 0 Å². The van der Waals surface area contributed by atoms with Gasteiger partial charge in [-0.05, 0) is 57.4 Å². The number of ether oxygens (including phenoxy) is 2. The summed E-state index contributed by atoms with van der Waals surface area (Å²) in [6.07, 6.45) is 2.26. The number of aryl methyl sites for hydroxylation is 2. The Labute approximate surface area is 156 Å². The topological polar surface area (TPSA) is 39.5 Å². The molecular weight excluding hydrogens is 326 g/mol. The van der Waals surface area contributed by atoms with Gasteiger partial charge in [0, 0.05) is 24.3 Å². The number of hydrogen-bond donors (Lipinski definition) is 0. The first-order chi connectivity index (χ1) is 12.6. The van der Waals surface area contributed by atoms with Crippen LogP contribution in [0.4, 0.5) is 0 Å². The van der Waals surface area contributed by atoms with Gasteiger partial charge in [0.2, 0.25) is 0 Å². The summed E-state index contributed by atoms with van der Waals surface area (Å²) < 4.78 is 13.1. The van der Waals surface area contributed by atoms with Crippen LogP contribution in [-0.4, -0.2) is 54.6 Å². The van der Waals surface area contributed by atoms with Crippen LogP contribution in [0.5, 0.6) is 5.75 Å². The van der Waals surface area contributed by atoms with E-state index in [1.165, 1.54) is 28.8 Å². The van der Waals surface area contributed by atoms with Gasteiger partial charge in [-0.2, -0.15) is 5.10 Å². The number of nitrogens with zero attached hydrogens (tertiary/aromatic N) is 3. The summed E-state index contributed by atoms with van der Waals surface area (Å²) in [4.78, 5) is 2.49. The summed E-state index contributed by atoms with van der Waals surface area (Å²) in [5, 5.41) is 4.68. The number of hydrogen-bond acceptors (Lipinski definition) is 4. The van der Waals surface area contributed by atoms with Crippen LogP contribution in [0.15, 0.2) is 18.2 Å². The number of morpholine rings is 1. The molecule has 1 saturated heterocycles. The molecule has 0 amide bonds. The fourth-order valence-corrected chi connectivity index (χ4v) is 3.54. The number of methoxy groups -OCH3 is 1. The Bertz CT molecular complexity index is 733. The van der Waals surface area contributed by atoms with Gasteiger partial charge in [0.1, 0.15) is 5.75 Å². The van der Waals surface area contributed by atoms with E-state index in [1.54, 1.807) is 7.11 Å². The van der Waals surface area contributed by atoms with Gasteiger partial charge in [0.05, 0.1) is 32.6 Å². The molecule has 1 aromatic carbocycles. The lowest BCUT2D eigenvalue weighted by atomic mass is 10.0. The zero-order valence-electron chi connectivity index (χ0n) is 16.5. The van der Waals surface area contributed by atoms with Crippen LogP contribution in [0.25, 0.3) is 0 Å². The Kier molecular flexibility index (Phi) is 6.33. The second-order valence-corrected chi connectivity index (χ2v) is 7.16. The van der Waals surface area contributed by atoms with Crippen molar-refractivity contribution < 1.29 is 9.47 Å². The molecule has 0 spiro atoms. The van der Waals surface area contributed by atoms with Crippen molar-refractivity contribution in [3.63, 3.8) is 0 Å². The molecule has 0 N–H and O–H groups in total. The zero-order chi connectivity index (χ0) is 18.5. The third kappa shape index (κ3) is 4.46. The molecule has 142 valence electrons. The predicted molar refractivity (Wildman–Crippen MR) is 104 cm³/mol. The van der Waals surface area contributed by atoms with E-state index in [4.69, 9.17) is 9.47 Å². The normalized spacial score (nSPS) is 15.4. The highest BCUT2D eigenvalue weighted by atomic mass is 16.5. The smallest absolute Gasteiger partial charge is 0.123 e. The van der Waals surface area contributed by atoms with Crippen LogP contribution in [0.1, 0.15) is 34.5 Å². The molecule has 0 unspecified atom stereocenters. The van der Waals surface area contributed by atoms with Crippen molar-refractivity contribution in [2.75, 3.05) is 40.0 Å². The average Bonchev–Trinajstić information content (AvgIpc) is 2.90. The summed E-state index contributed by atoms with van der Waals surface area (Å²) in [6.45, 7) is 12.1. The van der Waals surface area contributed by atoms with E-state index in [1.807, 2.05) is 0 Å². The SMILES string of the molecule is COc1ccc(CCCN2CCOCC2)cc1Cn1nc(C)c(C)c1C. The first-order valence-electron chi connectivity index (χ1n) is 9.55. The van der Waals surface area contributed by atoms with Crippen molar-refractivity contribution in [3.8, 4) is 5.75 Å². The molecule has 5 nitrogen and oxygen atoms in total. The lowest BCUT2D eigenvalue weighted by Gasteiger charge is -2.26. The van der Waals surface area contributed by atoms with E-state index in [-0.39, 0.29) is 0 Å². The maximum Gasteiger partial charge on any atom is 0.123 e. The molecular formula is C21H31N3O2. The van der Waals surface area contributed by atoms with Crippen LogP contribution in [0, 0.1) is 20.8 Å². The second kappa shape index (κ2) is 8.69. The Balaban J connectivity index is 1.66. The number of aromatic nitrogens is 2. The molecule has 0 bridgehead atoms. The maximum atomic E-state index is 5.59. The Morgan fingerprint density at radius 3 is 2.58 bits per heavy atom. The summed E-state index contributed by atoms with van der Waals surface area (Å²) in [6, 6.07) is 6.57. The molecule has 1 aliphatic rings. The van der Waals surface area contributed by atoms with E-state index in [0.717, 1.165) is 57.3 Å². The molecule has 1 fully saturated rings. The maximum absolute atomic E-state index is 5.59. The molecule has 5 heteroatoms.